The molecule has 1 aliphatic rings. The fourth-order valence-corrected chi connectivity index (χ4v) is 1.66. The third-order valence-electron chi connectivity index (χ3n) is 2.52. The zero-order valence-electron chi connectivity index (χ0n) is 8.44. The first kappa shape index (κ1) is 10.5. The third-order valence-corrected chi connectivity index (χ3v) is 2.52. The Hall–Kier alpha value is -0.570. The predicted molar refractivity (Wildman–Crippen MR) is 53.5 cm³/mol. The van der Waals surface area contributed by atoms with Crippen LogP contribution in [0.15, 0.2) is 0 Å². The van der Waals surface area contributed by atoms with Crippen molar-refractivity contribution in [1.82, 2.24) is 10.6 Å². The van der Waals surface area contributed by atoms with Gasteiger partial charge in [-0.25, -0.2) is 0 Å². The number of carbonyl (C=O) groups excluding carboxylic acids is 1. The van der Waals surface area contributed by atoms with E-state index in [0.29, 0.717) is 12.3 Å². The molecule has 1 saturated heterocycles. The molecule has 0 aromatic rings. The first-order valence-electron chi connectivity index (χ1n) is 5.30. The summed E-state index contributed by atoms with van der Waals surface area (Å²) >= 11 is 0. The van der Waals surface area contributed by atoms with Crippen LogP contribution in [-0.2, 0) is 4.79 Å². The lowest BCUT2D eigenvalue weighted by Crippen LogP contribution is -2.35. The van der Waals surface area contributed by atoms with E-state index < -0.39 is 0 Å². The molecule has 3 nitrogen and oxygen atoms in total. The van der Waals surface area contributed by atoms with Crippen molar-refractivity contribution >= 4 is 5.91 Å². The fraction of sp³-hybridized carbons (Fsp3) is 0.900. The highest BCUT2D eigenvalue weighted by Crippen LogP contribution is 2.09. The molecule has 0 aliphatic carbocycles. The van der Waals surface area contributed by atoms with Crippen molar-refractivity contribution < 1.29 is 4.79 Å². The van der Waals surface area contributed by atoms with E-state index in [1.165, 1.54) is 12.8 Å². The Morgan fingerprint density at radius 1 is 1.46 bits per heavy atom. The highest BCUT2D eigenvalue weighted by Gasteiger charge is 2.13. The van der Waals surface area contributed by atoms with Crippen molar-refractivity contribution in [3.8, 4) is 0 Å². The monoisotopic (exact) mass is 184 g/mol. The zero-order valence-corrected chi connectivity index (χ0v) is 8.44. The Labute approximate surface area is 80.3 Å². The first-order valence-corrected chi connectivity index (χ1v) is 5.30. The van der Waals surface area contributed by atoms with Crippen molar-refractivity contribution in [2.45, 2.75) is 32.6 Å². The van der Waals surface area contributed by atoms with Crippen molar-refractivity contribution in [3.05, 3.63) is 0 Å². The van der Waals surface area contributed by atoms with Gasteiger partial charge in [-0.2, -0.15) is 0 Å². The maximum Gasteiger partial charge on any atom is 0.219 e. The number of amides is 1. The van der Waals surface area contributed by atoms with E-state index >= 15 is 0 Å². The SMILES string of the molecule is CCCC(=O)NCC1CCNCC1. The van der Waals surface area contributed by atoms with Crippen molar-refractivity contribution in [2.75, 3.05) is 19.6 Å². The van der Waals surface area contributed by atoms with Gasteiger partial charge in [0.1, 0.15) is 0 Å². The number of piperidine rings is 1. The molecule has 0 aromatic heterocycles. The van der Waals surface area contributed by atoms with Crippen LogP contribution in [0.2, 0.25) is 0 Å². The molecule has 0 bridgehead atoms. The third kappa shape index (κ3) is 4.27. The van der Waals surface area contributed by atoms with E-state index in [-0.39, 0.29) is 5.91 Å². The smallest absolute Gasteiger partial charge is 0.219 e. The molecule has 1 heterocycles. The molecule has 76 valence electrons. The minimum Gasteiger partial charge on any atom is -0.356 e. The Kier molecular flexibility index (Phi) is 4.83. The molecule has 13 heavy (non-hydrogen) atoms. The summed E-state index contributed by atoms with van der Waals surface area (Å²) in [5.74, 6) is 0.906. The maximum absolute atomic E-state index is 11.2. The number of rotatable bonds is 4. The van der Waals surface area contributed by atoms with Crippen LogP contribution in [0.5, 0.6) is 0 Å². The van der Waals surface area contributed by atoms with E-state index in [0.717, 1.165) is 26.1 Å². The second kappa shape index (κ2) is 5.97. The molecular formula is C10H20N2O. The van der Waals surface area contributed by atoms with Crippen LogP contribution in [0.1, 0.15) is 32.6 Å². The quantitative estimate of drug-likeness (QED) is 0.681. The van der Waals surface area contributed by atoms with Gasteiger partial charge in [0.25, 0.3) is 0 Å². The van der Waals surface area contributed by atoms with Gasteiger partial charge in [-0.05, 0) is 38.3 Å². The van der Waals surface area contributed by atoms with E-state index in [4.69, 9.17) is 0 Å². The summed E-state index contributed by atoms with van der Waals surface area (Å²) in [7, 11) is 0. The van der Waals surface area contributed by atoms with Gasteiger partial charge in [-0.1, -0.05) is 6.92 Å². The Bertz CT molecular complexity index is 153. The van der Waals surface area contributed by atoms with Crippen molar-refractivity contribution in [3.63, 3.8) is 0 Å². The molecule has 2 N–H and O–H groups in total. The fourth-order valence-electron chi connectivity index (χ4n) is 1.66. The van der Waals surface area contributed by atoms with E-state index in [2.05, 4.69) is 10.6 Å². The first-order chi connectivity index (χ1) is 6.33. The van der Waals surface area contributed by atoms with Crippen molar-refractivity contribution in [1.29, 1.82) is 0 Å². The molecule has 0 saturated carbocycles. The number of nitrogens with one attached hydrogen (secondary N) is 2. The van der Waals surface area contributed by atoms with Gasteiger partial charge >= 0.3 is 0 Å². The van der Waals surface area contributed by atoms with Crippen LogP contribution in [0, 0.1) is 5.92 Å². The lowest BCUT2D eigenvalue weighted by atomic mass is 9.98. The average molecular weight is 184 g/mol. The summed E-state index contributed by atoms with van der Waals surface area (Å²) in [5, 5.41) is 6.30. The minimum atomic E-state index is 0.209. The summed E-state index contributed by atoms with van der Waals surface area (Å²) < 4.78 is 0. The predicted octanol–water partition coefficient (Wildman–Crippen LogP) is 0.902. The normalized spacial score (nSPS) is 18.5. The molecule has 0 spiro atoms. The Balaban J connectivity index is 2.06. The lowest BCUT2D eigenvalue weighted by Gasteiger charge is -2.22. The van der Waals surface area contributed by atoms with Crippen molar-refractivity contribution in [2.24, 2.45) is 5.92 Å². The minimum absolute atomic E-state index is 0.209. The van der Waals surface area contributed by atoms with E-state index in [1.54, 1.807) is 0 Å². The summed E-state index contributed by atoms with van der Waals surface area (Å²) in [6.07, 6.45) is 4.02. The second-order valence-electron chi connectivity index (χ2n) is 3.75. The average Bonchev–Trinajstić information content (AvgIpc) is 2.17. The van der Waals surface area contributed by atoms with E-state index in [9.17, 15) is 4.79 Å². The summed E-state index contributed by atoms with van der Waals surface area (Å²) in [6, 6.07) is 0. The maximum atomic E-state index is 11.2. The highest BCUT2D eigenvalue weighted by molar-refractivity contribution is 5.75. The van der Waals surface area contributed by atoms with Crippen LogP contribution in [0.25, 0.3) is 0 Å². The van der Waals surface area contributed by atoms with Gasteiger partial charge in [0.2, 0.25) is 5.91 Å². The van der Waals surface area contributed by atoms with Gasteiger partial charge in [0.15, 0.2) is 0 Å². The summed E-state index contributed by atoms with van der Waals surface area (Å²) in [6.45, 7) is 5.12. The van der Waals surface area contributed by atoms with Crippen LogP contribution in [0.3, 0.4) is 0 Å². The molecule has 0 radical (unpaired) electrons. The molecule has 1 fully saturated rings. The largest absolute Gasteiger partial charge is 0.356 e. The number of hydrogen-bond donors (Lipinski definition) is 2. The van der Waals surface area contributed by atoms with Gasteiger partial charge in [-0.3, -0.25) is 4.79 Å². The van der Waals surface area contributed by atoms with Gasteiger partial charge in [-0.15, -0.1) is 0 Å². The van der Waals surface area contributed by atoms with Crippen LogP contribution >= 0.6 is 0 Å². The van der Waals surface area contributed by atoms with Crippen LogP contribution in [-0.4, -0.2) is 25.5 Å². The van der Waals surface area contributed by atoms with Gasteiger partial charge < -0.3 is 10.6 Å². The van der Waals surface area contributed by atoms with Gasteiger partial charge in [0.05, 0.1) is 0 Å². The topological polar surface area (TPSA) is 41.1 Å². The molecular weight excluding hydrogens is 164 g/mol. The van der Waals surface area contributed by atoms with E-state index in [1.807, 2.05) is 6.92 Å². The summed E-state index contributed by atoms with van der Waals surface area (Å²) in [4.78, 5) is 11.2. The van der Waals surface area contributed by atoms with Gasteiger partial charge in [0, 0.05) is 13.0 Å². The molecule has 0 unspecified atom stereocenters. The standard InChI is InChI=1S/C10H20N2O/c1-2-3-10(13)12-8-9-4-6-11-7-5-9/h9,11H,2-8H2,1H3,(H,12,13). The molecule has 1 aliphatic heterocycles. The molecule has 1 amide bonds. The van der Waals surface area contributed by atoms with Crippen LogP contribution in [0.4, 0.5) is 0 Å². The Morgan fingerprint density at radius 3 is 2.77 bits per heavy atom. The lowest BCUT2D eigenvalue weighted by molar-refractivity contribution is -0.121. The molecule has 3 heteroatoms. The Morgan fingerprint density at radius 2 is 2.15 bits per heavy atom. The number of carbonyl (C=O) groups is 1. The highest BCUT2D eigenvalue weighted by atomic mass is 16.1. The van der Waals surface area contributed by atoms with Crippen LogP contribution < -0.4 is 10.6 Å². The second-order valence-corrected chi connectivity index (χ2v) is 3.75. The molecule has 1 rings (SSSR count). The summed E-state index contributed by atoms with van der Waals surface area (Å²) in [5.41, 5.74) is 0. The number of hydrogen-bond acceptors (Lipinski definition) is 2. The molecule has 0 aromatic carbocycles. The zero-order chi connectivity index (χ0) is 9.52. The molecule has 0 atom stereocenters.